The monoisotopic (exact) mass is 302 g/mol. The van der Waals surface area contributed by atoms with Gasteiger partial charge in [0.2, 0.25) is 0 Å². The Morgan fingerprint density at radius 1 is 1.33 bits per heavy atom. The number of benzene rings is 1. The molecule has 0 saturated carbocycles. The van der Waals surface area contributed by atoms with Gasteiger partial charge in [-0.2, -0.15) is 0 Å². The first-order valence-corrected chi connectivity index (χ1v) is 8.45. The summed E-state index contributed by atoms with van der Waals surface area (Å²) >= 11 is 1.87. The molecule has 1 atom stereocenters. The predicted molar refractivity (Wildman–Crippen MR) is 87.8 cm³/mol. The second-order valence-electron chi connectivity index (χ2n) is 5.53. The van der Waals surface area contributed by atoms with Crippen LogP contribution < -0.4 is 5.32 Å². The van der Waals surface area contributed by atoms with Crippen molar-refractivity contribution in [3.63, 3.8) is 0 Å². The van der Waals surface area contributed by atoms with Crippen LogP contribution in [0.1, 0.15) is 16.3 Å². The second kappa shape index (κ2) is 7.16. The number of ether oxygens (including phenoxy) is 1. The highest BCUT2D eigenvalue weighted by Crippen LogP contribution is 2.31. The Balaban J connectivity index is 1.83. The van der Waals surface area contributed by atoms with Crippen LogP contribution in [0.25, 0.3) is 11.3 Å². The number of hydrogen-bond donors (Lipinski definition) is 1. The van der Waals surface area contributed by atoms with E-state index in [1.807, 2.05) is 18.4 Å². The van der Waals surface area contributed by atoms with Crippen molar-refractivity contribution in [3.8, 4) is 11.3 Å². The minimum Gasteiger partial charge on any atom is -0.381 e. The van der Waals surface area contributed by atoms with Crippen LogP contribution in [0.4, 0.5) is 0 Å². The lowest BCUT2D eigenvalue weighted by molar-refractivity contribution is 0.186. The Labute approximate surface area is 130 Å². The van der Waals surface area contributed by atoms with E-state index in [0.717, 1.165) is 32.6 Å². The zero-order valence-corrected chi connectivity index (χ0v) is 13.3. The van der Waals surface area contributed by atoms with Crippen LogP contribution in [0, 0.1) is 5.92 Å². The van der Waals surface area contributed by atoms with Gasteiger partial charge in [-0.1, -0.05) is 30.3 Å². The van der Waals surface area contributed by atoms with E-state index in [0.29, 0.717) is 5.92 Å². The topological polar surface area (TPSA) is 34.1 Å². The third-order valence-corrected chi connectivity index (χ3v) is 5.02. The van der Waals surface area contributed by atoms with Crippen molar-refractivity contribution in [3.05, 3.63) is 40.2 Å². The minimum absolute atomic E-state index is 0.650. The van der Waals surface area contributed by atoms with E-state index in [9.17, 15) is 0 Å². The number of hydrogen-bond acceptors (Lipinski definition) is 4. The van der Waals surface area contributed by atoms with Crippen LogP contribution in [0.2, 0.25) is 0 Å². The van der Waals surface area contributed by atoms with Gasteiger partial charge in [-0.3, -0.25) is 0 Å². The van der Waals surface area contributed by atoms with Gasteiger partial charge in [-0.15, -0.1) is 11.3 Å². The lowest BCUT2D eigenvalue weighted by Crippen LogP contribution is -2.09. The highest BCUT2D eigenvalue weighted by atomic mass is 32.1. The smallest absolute Gasteiger partial charge is 0.0939 e. The number of rotatable bonds is 6. The van der Waals surface area contributed by atoms with Crippen LogP contribution in [-0.2, 0) is 17.6 Å². The molecule has 1 fully saturated rings. The maximum atomic E-state index is 5.48. The first kappa shape index (κ1) is 14.7. The molecule has 0 bridgehead atoms. The van der Waals surface area contributed by atoms with Gasteiger partial charge in [-0.25, -0.2) is 4.98 Å². The first-order chi connectivity index (χ1) is 10.4. The van der Waals surface area contributed by atoms with Gasteiger partial charge in [0, 0.05) is 30.1 Å². The molecule has 0 spiro atoms. The summed E-state index contributed by atoms with van der Waals surface area (Å²) in [7, 11) is 2.00. The molecule has 112 valence electrons. The summed E-state index contributed by atoms with van der Waals surface area (Å²) in [6.07, 6.45) is 3.27. The molecule has 2 heterocycles. The molecular weight excluding hydrogens is 280 g/mol. The van der Waals surface area contributed by atoms with Gasteiger partial charge in [0.25, 0.3) is 0 Å². The maximum absolute atomic E-state index is 5.48. The standard InChI is InChI=1S/C17H22N2OS/c1-18-9-7-15-17(14-5-3-2-4-6-14)19-16(21-15)11-13-8-10-20-12-13/h2-6,13,18H,7-12H2,1H3. The highest BCUT2D eigenvalue weighted by Gasteiger charge is 2.20. The van der Waals surface area contributed by atoms with Crippen molar-refractivity contribution in [2.24, 2.45) is 5.92 Å². The molecule has 0 amide bonds. The van der Waals surface area contributed by atoms with Gasteiger partial charge in [0.15, 0.2) is 0 Å². The lowest BCUT2D eigenvalue weighted by atomic mass is 10.1. The van der Waals surface area contributed by atoms with Crippen LogP contribution in [0.3, 0.4) is 0 Å². The Bertz CT molecular complexity index is 561. The molecule has 1 aliphatic heterocycles. The van der Waals surface area contributed by atoms with Crippen molar-refractivity contribution in [2.45, 2.75) is 19.3 Å². The van der Waals surface area contributed by atoms with Gasteiger partial charge in [0.05, 0.1) is 10.7 Å². The molecule has 1 aromatic heterocycles. The van der Waals surface area contributed by atoms with E-state index in [1.165, 1.54) is 27.6 Å². The average Bonchev–Trinajstić information content (AvgIpc) is 3.16. The molecule has 4 heteroatoms. The van der Waals surface area contributed by atoms with Crippen molar-refractivity contribution in [2.75, 3.05) is 26.8 Å². The summed E-state index contributed by atoms with van der Waals surface area (Å²) < 4.78 is 5.48. The highest BCUT2D eigenvalue weighted by molar-refractivity contribution is 7.12. The molecule has 3 rings (SSSR count). The molecule has 3 nitrogen and oxygen atoms in total. The summed E-state index contributed by atoms with van der Waals surface area (Å²) in [6, 6.07) is 10.5. The van der Waals surface area contributed by atoms with E-state index in [-0.39, 0.29) is 0 Å². The Morgan fingerprint density at radius 3 is 2.90 bits per heavy atom. The fourth-order valence-electron chi connectivity index (χ4n) is 2.71. The molecule has 1 unspecified atom stereocenters. The summed E-state index contributed by atoms with van der Waals surface area (Å²) in [5.41, 5.74) is 2.40. The number of likely N-dealkylation sites (N-methyl/N-ethyl adjacent to an activating group) is 1. The van der Waals surface area contributed by atoms with E-state index >= 15 is 0 Å². The Morgan fingerprint density at radius 2 is 2.19 bits per heavy atom. The van der Waals surface area contributed by atoms with E-state index in [4.69, 9.17) is 9.72 Å². The minimum atomic E-state index is 0.650. The van der Waals surface area contributed by atoms with E-state index in [1.54, 1.807) is 0 Å². The summed E-state index contributed by atoms with van der Waals surface area (Å²) in [5.74, 6) is 0.650. The molecule has 1 saturated heterocycles. The molecule has 1 aromatic carbocycles. The SMILES string of the molecule is CNCCc1sc(CC2CCOC2)nc1-c1ccccc1. The number of nitrogens with one attached hydrogen (secondary N) is 1. The largest absolute Gasteiger partial charge is 0.381 e. The van der Waals surface area contributed by atoms with Crippen molar-refractivity contribution in [1.29, 1.82) is 0 Å². The van der Waals surface area contributed by atoms with E-state index < -0.39 is 0 Å². The second-order valence-corrected chi connectivity index (χ2v) is 6.70. The van der Waals surface area contributed by atoms with Crippen molar-refractivity contribution < 1.29 is 4.74 Å². The molecule has 1 aliphatic rings. The predicted octanol–water partition coefficient (Wildman–Crippen LogP) is 3.15. The number of thiazole rings is 1. The number of aromatic nitrogens is 1. The van der Waals surface area contributed by atoms with Crippen LogP contribution in [0.15, 0.2) is 30.3 Å². The van der Waals surface area contributed by atoms with Crippen LogP contribution in [-0.4, -0.2) is 31.8 Å². The maximum Gasteiger partial charge on any atom is 0.0939 e. The van der Waals surface area contributed by atoms with Gasteiger partial charge >= 0.3 is 0 Å². The molecule has 2 aromatic rings. The normalized spacial score (nSPS) is 18.2. The number of nitrogens with zero attached hydrogens (tertiary/aromatic N) is 1. The lowest BCUT2D eigenvalue weighted by Gasteiger charge is -2.02. The molecule has 21 heavy (non-hydrogen) atoms. The van der Waals surface area contributed by atoms with Gasteiger partial charge in [0.1, 0.15) is 0 Å². The molecule has 0 aliphatic carbocycles. The Kier molecular flexibility index (Phi) is 5.01. The van der Waals surface area contributed by atoms with Gasteiger partial charge in [-0.05, 0) is 32.4 Å². The van der Waals surface area contributed by atoms with Gasteiger partial charge < -0.3 is 10.1 Å². The summed E-state index contributed by atoms with van der Waals surface area (Å²) in [6.45, 7) is 2.80. The Hall–Kier alpha value is -1.23. The van der Waals surface area contributed by atoms with Crippen molar-refractivity contribution in [1.82, 2.24) is 10.3 Å². The quantitative estimate of drug-likeness (QED) is 0.890. The third-order valence-electron chi connectivity index (χ3n) is 3.88. The van der Waals surface area contributed by atoms with Crippen molar-refractivity contribution >= 4 is 11.3 Å². The average molecular weight is 302 g/mol. The summed E-state index contributed by atoms with van der Waals surface area (Å²) in [5, 5.41) is 4.50. The van der Waals surface area contributed by atoms with E-state index in [2.05, 4.69) is 35.6 Å². The fourth-order valence-corrected chi connectivity index (χ4v) is 3.91. The third kappa shape index (κ3) is 3.70. The fraction of sp³-hybridized carbons (Fsp3) is 0.471. The zero-order chi connectivity index (χ0) is 14.5. The van der Waals surface area contributed by atoms with Crippen LogP contribution in [0.5, 0.6) is 0 Å². The molecular formula is C17H22N2OS. The molecule has 1 N–H and O–H groups in total. The molecule has 0 radical (unpaired) electrons. The first-order valence-electron chi connectivity index (χ1n) is 7.63. The zero-order valence-electron chi connectivity index (χ0n) is 12.5. The summed E-state index contributed by atoms with van der Waals surface area (Å²) in [4.78, 5) is 6.33. The van der Waals surface area contributed by atoms with Crippen LogP contribution >= 0.6 is 11.3 Å².